The largest absolute Gasteiger partial charge is 0.495 e. The third-order valence-corrected chi connectivity index (χ3v) is 4.02. The van der Waals surface area contributed by atoms with Crippen molar-refractivity contribution >= 4 is 28.9 Å². The van der Waals surface area contributed by atoms with Crippen molar-refractivity contribution in [3.8, 4) is 11.8 Å². The number of methoxy groups -OCH3 is 1. The minimum absolute atomic E-state index is 0.0667. The summed E-state index contributed by atoms with van der Waals surface area (Å²) in [6.45, 7) is 3.75. The molecular weight excluding hydrogens is 338 g/mol. The maximum absolute atomic E-state index is 12.4. The number of hydrogen-bond donors (Lipinski definition) is 2. The molecule has 6 heteroatoms. The Balaban J connectivity index is 2.20. The minimum atomic E-state index is -0.529. The van der Waals surface area contributed by atoms with Gasteiger partial charge in [0.25, 0.3) is 5.91 Å². The summed E-state index contributed by atoms with van der Waals surface area (Å²) in [4.78, 5) is 12.4. The zero-order chi connectivity index (χ0) is 18.4. The zero-order valence-electron chi connectivity index (χ0n) is 14.2. The number of carbonyl (C=O) groups excluding carboxylic acids is 1. The zero-order valence-corrected chi connectivity index (χ0v) is 14.9. The number of hydrogen-bond acceptors (Lipinski definition) is 4. The third-order valence-electron chi connectivity index (χ3n) is 3.61. The van der Waals surface area contributed by atoms with E-state index < -0.39 is 5.91 Å². The second-order valence-corrected chi connectivity index (χ2v) is 5.79. The summed E-state index contributed by atoms with van der Waals surface area (Å²) in [5.41, 5.74) is 2.96. The van der Waals surface area contributed by atoms with Crippen molar-refractivity contribution in [1.29, 1.82) is 5.26 Å². The van der Waals surface area contributed by atoms with Gasteiger partial charge >= 0.3 is 0 Å². The lowest BCUT2D eigenvalue weighted by atomic mass is 10.2. The normalized spacial score (nSPS) is 10.8. The number of anilines is 2. The highest BCUT2D eigenvalue weighted by atomic mass is 35.5. The molecule has 0 aliphatic rings. The van der Waals surface area contributed by atoms with Crippen LogP contribution >= 0.6 is 11.6 Å². The van der Waals surface area contributed by atoms with Crippen molar-refractivity contribution in [1.82, 2.24) is 0 Å². The molecule has 0 radical (unpaired) electrons. The highest BCUT2D eigenvalue weighted by Gasteiger charge is 2.13. The molecule has 0 aromatic heterocycles. The van der Waals surface area contributed by atoms with Crippen LogP contribution in [0.1, 0.15) is 11.1 Å². The molecule has 0 aliphatic carbocycles. The summed E-state index contributed by atoms with van der Waals surface area (Å²) in [7, 11) is 1.52. The van der Waals surface area contributed by atoms with E-state index in [-0.39, 0.29) is 5.57 Å². The molecular formula is C19H18ClN3O2. The fourth-order valence-electron chi connectivity index (χ4n) is 2.17. The molecule has 0 fully saturated rings. The quantitative estimate of drug-likeness (QED) is 0.615. The number of rotatable bonds is 5. The van der Waals surface area contributed by atoms with E-state index in [4.69, 9.17) is 16.3 Å². The predicted octanol–water partition coefficient (Wildman–Crippen LogP) is 4.42. The Morgan fingerprint density at radius 3 is 2.68 bits per heavy atom. The van der Waals surface area contributed by atoms with Crippen molar-refractivity contribution in [2.45, 2.75) is 13.8 Å². The number of nitriles is 1. The maximum atomic E-state index is 12.4. The molecule has 128 valence electrons. The molecule has 2 aromatic rings. The van der Waals surface area contributed by atoms with Gasteiger partial charge in [0.1, 0.15) is 17.4 Å². The standard InChI is InChI=1S/C19H18ClN3O2/c1-12-7-8-18(25-3)17(9-12)23-19(24)14(10-21)11-22-16-6-4-5-15(20)13(16)2/h4-9,11,22H,1-3H3,(H,23,24)/b14-11-. The molecule has 0 saturated heterocycles. The Morgan fingerprint density at radius 1 is 1.24 bits per heavy atom. The molecule has 2 N–H and O–H groups in total. The summed E-state index contributed by atoms with van der Waals surface area (Å²) in [6.07, 6.45) is 1.36. The summed E-state index contributed by atoms with van der Waals surface area (Å²) in [6, 6.07) is 12.7. The average molecular weight is 356 g/mol. The van der Waals surface area contributed by atoms with Gasteiger partial charge in [-0.1, -0.05) is 23.7 Å². The van der Waals surface area contributed by atoms with Crippen LogP contribution in [0.25, 0.3) is 0 Å². The van der Waals surface area contributed by atoms with Crippen LogP contribution in [-0.4, -0.2) is 13.0 Å². The fraction of sp³-hybridized carbons (Fsp3) is 0.158. The van der Waals surface area contributed by atoms with E-state index in [1.807, 2.05) is 32.0 Å². The first-order valence-corrected chi connectivity index (χ1v) is 7.92. The number of aryl methyl sites for hydroxylation is 1. The first-order valence-electron chi connectivity index (χ1n) is 7.54. The number of carbonyl (C=O) groups is 1. The SMILES string of the molecule is COc1ccc(C)cc1NC(=O)/C(C#N)=C\Nc1cccc(Cl)c1C. The van der Waals surface area contributed by atoms with E-state index >= 15 is 0 Å². The third kappa shape index (κ3) is 4.52. The minimum Gasteiger partial charge on any atom is -0.495 e. The van der Waals surface area contributed by atoms with Crippen LogP contribution in [0, 0.1) is 25.2 Å². The Labute approximate surface area is 151 Å². The molecule has 0 saturated carbocycles. The Morgan fingerprint density at radius 2 is 2.00 bits per heavy atom. The monoisotopic (exact) mass is 355 g/mol. The molecule has 0 spiro atoms. The van der Waals surface area contributed by atoms with Gasteiger partial charge in [0.2, 0.25) is 0 Å². The van der Waals surface area contributed by atoms with E-state index in [1.165, 1.54) is 13.3 Å². The van der Waals surface area contributed by atoms with E-state index in [1.54, 1.807) is 24.3 Å². The smallest absolute Gasteiger partial charge is 0.267 e. The number of nitrogens with zero attached hydrogens (tertiary/aromatic N) is 1. The van der Waals surface area contributed by atoms with Crippen LogP contribution in [0.5, 0.6) is 5.75 Å². The lowest BCUT2D eigenvalue weighted by Gasteiger charge is -2.11. The van der Waals surface area contributed by atoms with Crippen molar-refractivity contribution in [2.75, 3.05) is 17.7 Å². The lowest BCUT2D eigenvalue weighted by molar-refractivity contribution is -0.112. The molecule has 0 bridgehead atoms. The topological polar surface area (TPSA) is 74.1 Å². The number of halogens is 1. The van der Waals surface area contributed by atoms with E-state index in [0.717, 1.165) is 16.8 Å². The van der Waals surface area contributed by atoms with E-state index in [9.17, 15) is 10.1 Å². The predicted molar refractivity (Wildman–Crippen MR) is 99.9 cm³/mol. The molecule has 2 aromatic carbocycles. The lowest BCUT2D eigenvalue weighted by Crippen LogP contribution is -2.15. The van der Waals surface area contributed by atoms with Crippen LogP contribution in [-0.2, 0) is 4.79 Å². The van der Waals surface area contributed by atoms with Crippen molar-refractivity contribution in [3.05, 3.63) is 64.3 Å². The maximum Gasteiger partial charge on any atom is 0.267 e. The molecule has 5 nitrogen and oxygen atoms in total. The Kier molecular flexibility index (Phi) is 6.04. The van der Waals surface area contributed by atoms with Crippen molar-refractivity contribution < 1.29 is 9.53 Å². The molecule has 0 unspecified atom stereocenters. The number of amides is 1. The summed E-state index contributed by atoms with van der Waals surface area (Å²) in [5, 5.41) is 15.5. The second kappa shape index (κ2) is 8.22. The highest BCUT2D eigenvalue weighted by molar-refractivity contribution is 6.31. The molecule has 0 atom stereocenters. The number of nitrogens with one attached hydrogen (secondary N) is 2. The van der Waals surface area contributed by atoms with E-state index in [0.29, 0.717) is 16.5 Å². The van der Waals surface area contributed by atoms with Crippen molar-refractivity contribution in [3.63, 3.8) is 0 Å². The Hall–Kier alpha value is -2.97. The van der Waals surface area contributed by atoms with E-state index in [2.05, 4.69) is 10.6 Å². The number of benzene rings is 2. The summed E-state index contributed by atoms with van der Waals surface area (Å²) >= 11 is 6.06. The van der Waals surface area contributed by atoms with Crippen LogP contribution in [0.3, 0.4) is 0 Å². The van der Waals surface area contributed by atoms with Crippen molar-refractivity contribution in [2.24, 2.45) is 0 Å². The van der Waals surface area contributed by atoms with Gasteiger partial charge in [-0.2, -0.15) is 5.26 Å². The molecule has 1 amide bonds. The molecule has 25 heavy (non-hydrogen) atoms. The van der Waals surface area contributed by atoms with Crippen LogP contribution in [0.4, 0.5) is 11.4 Å². The second-order valence-electron chi connectivity index (χ2n) is 5.38. The van der Waals surface area contributed by atoms with Crippen LogP contribution < -0.4 is 15.4 Å². The van der Waals surface area contributed by atoms with Gasteiger partial charge in [-0.15, -0.1) is 0 Å². The average Bonchev–Trinajstić information content (AvgIpc) is 2.59. The molecule has 2 rings (SSSR count). The van der Waals surface area contributed by atoms with Gasteiger partial charge in [-0.05, 0) is 49.2 Å². The fourth-order valence-corrected chi connectivity index (χ4v) is 2.35. The van der Waals surface area contributed by atoms with Gasteiger partial charge in [0.05, 0.1) is 12.8 Å². The van der Waals surface area contributed by atoms with Gasteiger partial charge in [-0.25, -0.2) is 0 Å². The highest BCUT2D eigenvalue weighted by Crippen LogP contribution is 2.26. The Bertz CT molecular complexity index is 869. The van der Waals surface area contributed by atoms with Gasteiger partial charge in [-0.3, -0.25) is 4.79 Å². The molecule has 0 aliphatic heterocycles. The first-order chi connectivity index (χ1) is 12.0. The van der Waals surface area contributed by atoms with Gasteiger partial charge in [0, 0.05) is 16.9 Å². The summed E-state index contributed by atoms with van der Waals surface area (Å²) in [5.74, 6) is -0.00605. The number of ether oxygens (including phenoxy) is 1. The molecule has 0 heterocycles. The van der Waals surface area contributed by atoms with Crippen LogP contribution in [0.2, 0.25) is 5.02 Å². The summed E-state index contributed by atoms with van der Waals surface area (Å²) < 4.78 is 5.23. The van der Waals surface area contributed by atoms with Crippen LogP contribution in [0.15, 0.2) is 48.2 Å². The first kappa shape index (κ1) is 18.4. The van der Waals surface area contributed by atoms with Gasteiger partial charge < -0.3 is 15.4 Å². The van der Waals surface area contributed by atoms with Gasteiger partial charge in [0.15, 0.2) is 0 Å².